The minimum absolute atomic E-state index is 0.139. The summed E-state index contributed by atoms with van der Waals surface area (Å²) in [6, 6.07) is 21.3. The molecule has 1 amide bonds. The lowest BCUT2D eigenvalue weighted by Gasteiger charge is -2.32. The van der Waals surface area contributed by atoms with Crippen LogP contribution in [0.3, 0.4) is 0 Å². The second-order valence-corrected chi connectivity index (χ2v) is 10.0. The number of furan rings is 1. The Morgan fingerprint density at radius 3 is 2.50 bits per heavy atom. The van der Waals surface area contributed by atoms with Crippen LogP contribution in [0, 0.1) is 0 Å². The van der Waals surface area contributed by atoms with Gasteiger partial charge in [0, 0.05) is 47.3 Å². The smallest absolute Gasteiger partial charge is 0.287 e. The predicted octanol–water partition coefficient (Wildman–Crippen LogP) is 4.78. The second kappa shape index (κ2) is 10.9. The first-order valence-electron chi connectivity index (χ1n) is 10.8. The third-order valence-corrected chi connectivity index (χ3v) is 7.07. The van der Waals surface area contributed by atoms with Crippen LogP contribution in [0.5, 0.6) is 0 Å². The molecule has 2 aromatic carbocycles. The number of amides is 1. The maximum Gasteiger partial charge on any atom is 0.287 e. The van der Waals surface area contributed by atoms with E-state index in [1.54, 1.807) is 18.2 Å². The average Bonchev–Trinajstić information content (AvgIpc) is 3.24. The first kappa shape index (κ1) is 22.8. The molecule has 7 heteroatoms. The number of carbonyl (C=O) groups excluding carboxylic acids is 1. The minimum atomic E-state index is -1.15. The molecule has 1 aromatic heterocycles. The summed E-state index contributed by atoms with van der Waals surface area (Å²) in [6.07, 6.45) is 1.82. The number of nitrogens with one attached hydrogen (secondary N) is 1. The fourth-order valence-corrected chi connectivity index (χ4v) is 5.27. The van der Waals surface area contributed by atoms with Gasteiger partial charge in [0.1, 0.15) is 5.76 Å². The molecule has 0 saturated carbocycles. The van der Waals surface area contributed by atoms with E-state index in [0.29, 0.717) is 16.5 Å². The SMILES string of the molecule is O=C(NC1CCN(Cc2ccccc2)CC1)c1ccc(C[S@](=O)Cc2cccc(Cl)c2)o1. The van der Waals surface area contributed by atoms with Gasteiger partial charge in [0.2, 0.25) is 0 Å². The highest BCUT2D eigenvalue weighted by Gasteiger charge is 2.22. The quantitative estimate of drug-likeness (QED) is 0.514. The van der Waals surface area contributed by atoms with Gasteiger partial charge < -0.3 is 9.73 Å². The van der Waals surface area contributed by atoms with Crippen molar-refractivity contribution in [2.24, 2.45) is 0 Å². The normalized spacial score (nSPS) is 16.0. The summed E-state index contributed by atoms with van der Waals surface area (Å²) >= 11 is 5.99. The zero-order chi connectivity index (χ0) is 22.3. The van der Waals surface area contributed by atoms with Crippen molar-refractivity contribution in [3.8, 4) is 0 Å². The molecule has 2 heterocycles. The van der Waals surface area contributed by atoms with E-state index >= 15 is 0 Å². The zero-order valence-corrected chi connectivity index (χ0v) is 19.4. The summed E-state index contributed by atoms with van der Waals surface area (Å²) in [5.41, 5.74) is 2.23. The van der Waals surface area contributed by atoms with Crippen LogP contribution in [0.1, 0.15) is 40.3 Å². The van der Waals surface area contributed by atoms with Crippen LogP contribution >= 0.6 is 11.6 Å². The fourth-order valence-electron chi connectivity index (χ4n) is 3.93. The van der Waals surface area contributed by atoms with Crippen LogP contribution in [-0.2, 0) is 28.9 Å². The van der Waals surface area contributed by atoms with E-state index < -0.39 is 10.8 Å². The first-order chi connectivity index (χ1) is 15.5. The number of halogens is 1. The van der Waals surface area contributed by atoms with Crippen LogP contribution in [0.15, 0.2) is 71.1 Å². The van der Waals surface area contributed by atoms with Gasteiger partial charge in [-0.2, -0.15) is 0 Å². The average molecular weight is 471 g/mol. The summed E-state index contributed by atoms with van der Waals surface area (Å²) in [5, 5.41) is 3.71. The van der Waals surface area contributed by atoms with Crippen molar-refractivity contribution >= 4 is 28.3 Å². The van der Waals surface area contributed by atoms with Crippen LogP contribution in [0.25, 0.3) is 0 Å². The Kier molecular flexibility index (Phi) is 7.79. The highest BCUT2D eigenvalue weighted by atomic mass is 35.5. The Hall–Kier alpha value is -2.41. The number of rotatable bonds is 8. The van der Waals surface area contributed by atoms with Crippen molar-refractivity contribution in [1.82, 2.24) is 10.2 Å². The third-order valence-electron chi connectivity index (χ3n) is 5.58. The van der Waals surface area contributed by atoms with Gasteiger partial charge in [0.15, 0.2) is 5.76 Å². The summed E-state index contributed by atoms with van der Waals surface area (Å²) in [5.74, 6) is 1.26. The van der Waals surface area contributed by atoms with E-state index in [1.165, 1.54) is 5.56 Å². The van der Waals surface area contributed by atoms with Crippen LogP contribution < -0.4 is 5.32 Å². The van der Waals surface area contributed by atoms with E-state index in [4.69, 9.17) is 16.0 Å². The fraction of sp³-hybridized carbons (Fsp3) is 0.320. The standard InChI is InChI=1S/C25H27ClN2O3S/c26-21-8-4-7-20(15-21)17-32(30)18-23-9-10-24(31-23)25(29)27-22-11-13-28(14-12-22)16-19-5-2-1-3-6-19/h1-10,15,22H,11-14,16-18H2,(H,27,29)/t32-/m1/s1. The molecular formula is C25H27ClN2O3S. The molecule has 0 radical (unpaired) electrons. The second-order valence-electron chi connectivity index (χ2n) is 8.13. The van der Waals surface area contributed by atoms with Gasteiger partial charge >= 0.3 is 0 Å². The molecule has 1 saturated heterocycles. The van der Waals surface area contributed by atoms with Crippen molar-refractivity contribution in [1.29, 1.82) is 0 Å². The van der Waals surface area contributed by atoms with Crippen LogP contribution in [0.4, 0.5) is 0 Å². The van der Waals surface area contributed by atoms with Crippen molar-refractivity contribution in [3.05, 3.63) is 94.4 Å². The molecule has 5 nitrogen and oxygen atoms in total. The topological polar surface area (TPSA) is 62.6 Å². The van der Waals surface area contributed by atoms with Crippen molar-refractivity contribution < 1.29 is 13.4 Å². The third kappa shape index (κ3) is 6.55. The molecule has 1 fully saturated rings. The molecule has 0 unspecified atom stereocenters. The zero-order valence-electron chi connectivity index (χ0n) is 17.8. The predicted molar refractivity (Wildman–Crippen MR) is 128 cm³/mol. The Labute approximate surface area is 196 Å². The highest BCUT2D eigenvalue weighted by Crippen LogP contribution is 2.17. The molecule has 0 spiro atoms. The Balaban J connectivity index is 1.23. The lowest BCUT2D eigenvalue weighted by Crippen LogP contribution is -2.44. The molecule has 32 heavy (non-hydrogen) atoms. The van der Waals surface area contributed by atoms with E-state index in [2.05, 4.69) is 34.5 Å². The monoisotopic (exact) mass is 470 g/mol. The van der Waals surface area contributed by atoms with Crippen LogP contribution in [-0.4, -0.2) is 34.1 Å². The number of piperidine rings is 1. The minimum Gasteiger partial charge on any atom is -0.455 e. The van der Waals surface area contributed by atoms with E-state index in [0.717, 1.165) is 38.0 Å². The number of likely N-dealkylation sites (tertiary alicyclic amines) is 1. The number of nitrogens with zero attached hydrogens (tertiary/aromatic N) is 1. The van der Waals surface area contributed by atoms with E-state index in [9.17, 15) is 9.00 Å². The van der Waals surface area contributed by atoms with Gasteiger partial charge in [-0.15, -0.1) is 0 Å². The molecule has 0 aliphatic carbocycles. The largest absolute Gasteiger partial charge is 0.455 e. The summed E-state index contributed by atoms with van der Waals surface area (Å²) < 4.78 is 18.1. The Morgan fingerprint density at radius 2 is 1.75 bits per heavy atom. The number of carbonyl (C=O) groups is 1. The van der Waals surface area contributed by atoms with Gasteiger partial charge in [-0.3, -0.25) is 13.9 Å². The number of hydrogen-bond acceptors (Lipinski definition) is 4. The van der Waals surface area contributed by atoms with Crippen molar-refractivity contribution in [2.75, 3.05) is 13.1 Å². The van der Waals surface area contributed by atoms with E-state index in [-0.39, 0.29) is 23.5 Å². The summed E-state index contributed by atoms with van der Waals surface area (Å²) in [7, 11) is -1.15. The van der Waals surface area contributed by atoms with Crippen molar-refractivity contribution in [2.45, 2.75) is 36.9 Å². The molecule has 1 aliphatic rings. The van der Waals surface area contributed by atoms with Gasteiger partial charge in [0.05, 0.1) is 5.75 Å². The van der Waals surface area contributed by atoms with Gasteiger partial charge in [-0.05, 0) is 48.2 Å². The first-order valence-corrected chi connectivity index (χ1v) is 12.7. The van der Waals surface area contributed by atoms with Gasteiger partial charge in [0.25, 0.3) is 5.91 Å². The molecule has 0 bridgehead atoms. The lowest BCUT2D eigenvalue weighted by atomic mass is 10.0. The molecular weight excluding hydrogens is 444 g/mol. The lowest BCUT2D eigenvalue weighted by molar-refractivity contribution is 0.0879. The Morgan fingerprint density at radius 1 is 1.00 bits per heavy atom. The summed E-state index contributed by atoms with van der Waals surface area (Å²) in [4.78, 5) is 15.0. The van der Waals surface area contributed by atoms with Crippen LogP contribution in [0.2, 0.25) is 5.02 Å². The van der Waals surface area contributed by atoms with Crippen molar-refractivity contribution in [3.63, 3.8) is 0 Å². The highest BCUT2D eigenvalue weighted by molar-refractivity contribution is 7.83. The summed E-state index contributed by atoms with van der Waals surface area (Å²) in [6.45, 7) is 2.84. The van der Waals surface area contributed by atoms with E-state index in [1.807, 2.05) is 24.3 Å². The number of benzene rings is 2. The molecule has 1 atom stereocenters. The Bertz CT molecular complexity index is 1060. The maximum absolute atomic E-state index is 12.6. The number of hydrogen-bond donors (Lipinski definition) is 1. The maximum atomic E-state index is 12.6. The van der Waals surface area contributed by atoms with Gasteiger partial charge in [-0.1, -0.05) is 54.1 Å². The van der Waals surface area contributed by atoms with Gasteiger partial charge in [-0.25, -0.2) is 0 Å². The molecule has 1 N–H and O–H groups in total. The molecule has 4 rings (SSSR count). The molecule has 168 valence electrons. The molecule has 1 aliphatic heterocycles. The molecule has 3 aromatic rings.